The van der Waals surface area contributed by atoms with Gasteiger partial charge in [-0.25, -0.2) is 9.98 Å². The molecule has 11 aromatic rings. The van der Waals surface area contributed by atoms with Gasteiger partial charge in [0.05, 0.1) is 6.54 Å². The molecule has 0 aliphatic carbocycles. The van der Waals surface area contributed by atoms with E-state index in [1.165, 1.54) is 71.3 Å². The van der Waals surface area contributed by atoms with Gasteiger partial charge in [0, 0.05) is 23.2 Å². The van der Waals surface area contributed by atoms with Gasteiger partial charge in [-0.05, 0) is 101 Å². The van der Waals surface area contributed by atoms with Crippen molar-refractivity contribution in [2.75, 3.05) is 0 Å². The molecule has 0 amide bonds. The standard InChI is InChI=1S/C66H49N5/c1-4-15-50(16-5-1)63(68-44-46-28-31-47-14-10-11-21-54(47)40-46)67-43-45-26-29-48(30-27-45)55-36-38-59-57(41-55)22-12-24-61(59)62-25-13-23-58-42-56(37-39-60(58)62)49-32-34-53(35-33-49)66-70-64(51-17-6-2-7-18-51)69-65(71-66)52-19-8-3-9-20-52/h1-42,66H,43-44H2,(H,67,68)(H,69,70,71). The van der Waals surface area contributed by atoms with Crippen molar-refractivity contribution in [3.05, 3.63) is 288 Å². The number of nitrogens with one attached hydrogen (secondary N) is 2. The van der Waals surface area contributed by atoms with E-state index >= 15 is 0 Å². The lowest BCUT2D eigenvalue weighted by Gasteiger charge is -2.24. The zero-order valence-electron chi connectivity index (χ0n) is 39.1. The molecule has 1 aliphatic heterocycles. The fraction of sp³-hybridized carbons (Fsp3) is 0.0455. The predicted molar refractivity (Wildman–Crippen MR) is 297 cm³/mol. The van der Waals surface area contributed by atoms with Crippen molar-refractivity contribution in [2.24, 2.45) is 15.0 Å². The molecule has 2 N–H and O–H groups in total. The van der Waals surface area contributed by atoms with Gasteiger partial charge in [0.2, 0.25) is 0 Å². The van der Waals surface area contributed by atoms with Crippen molar-refractivity contribution in [1.29, 1.82) is 0 Å². The number of hydrogen-bond acceptors (Lipinski definition) is 4. The fourth-order valence-electron chi connectivity index (χ4n) is 9.69. The SMILES string of the molecule is c1ccc(C2=NC(c3ccc(-c4ccc5c(-c6cccc7cc(-c8ccc(CN/C(=N\Cc9ccc%10ccccc%10c9)c9ccccc9)cc8)ccc67)cccc5c4)cc3)NC(c3ccccc3)=N2)cc1. The van der Waals surface area contributed by atoms with Gasteiger partial charge in [0.15, 0.2) is 5.84 Å². The Kier molecular flexibility index (Phi) is 11.8. The molecule has 338 valence electrons. The molecular formula is C66H49N5. The topological polar surface area (TPSA) is 61.1 Å². The predicted octanol–water partition coefficient (Wildman–Crippen LogP) is 15.4. The summed E-state index contributed by atoms with van der Waals surface area (Å²) in [6.07, 6.45) is -0.274. The molecule has 0 saturated carbocycles. The molecule has 0 fully saturated rings. The number of fused-ring (bicyclic) bond motifs is 3. The Morgan fingerprint density at radius 3 is 1.61 bits per heavy atom. The van der Waals surface area contributed by atoms with Crippen molar-refractivity contribution in [3.63, 3.8) is 0 Å². The third kappa shape index (κ3) is 9.25. The summed E-state index contributed by atoms with van der Waals surface area (Å²) in [5.74, 6) is 2.42. The van der Waals surface area contributed by atoms with Crippen LogP contribution >= 0.6 is 0 Å². The lowest BCUT2D eigenvalue weighted by atomic mass is 9.91. The molecule has 0 saturated heterocycles. The maximum atomic E-state index is 5.07. The molecule has 1 heterocycles. The second kappa shape index (κ2) is 19.4. The van der Waals surface area contributed by atoms with Crippen molar-refractivity contribution in [3.8, 4) is 33.4 Å². The first-order chi connectivity index (χ1) is 35.1. The third-order valence-electron chi connectivity index (χ3n) is 13.5. The van der Waals surface area contributed by atoms with Crippen LogP contribution in [0.15, 0.2) is 270 Å². The van der Waals surface area contributed by atoms with E-state index in [4.69, 9.17) is 15.0 Å². The Hall–Kier alpha value is -9.19. The Labute approximate surface area is 414 Å². The summed E-state index contributed by atoms with van der Waals surface area (Å²) in [7, 11) is 0. The zero-order valence-corrected chi connectivity index (χ0v) is 39.1. The van der Waals surface area contributed by atoms with E-state index in [9.17, 15) is 0 Å². The number of amidine groups is 3. The van der Waals surface area contributed by atoms with Gasteiger partial charge in [0.25, 0.3) is 0 Å². The highest BCUT2D eigenvalue weighted by atomic mass is 15.2. The van der Waals surface area contributed by atoms with Crippen LogP contribution in [0.4, 0.5) is 0 Å². The van der Waals surface area contributed by atoms with Gasteiger partial charge in [-0.1, -0.05) is 237 Å². The number of rotatable bonds is 11. The summed E-state index contributed by atoms with van der Waals surface area (Å²) in [6.45, 7) is 1.27. The van der Waals surface area contributed by atoms with E-state index in [-0.39, 0.29) is 6.17 Å². The number of aliphatic imine (C=N–C) groups is 3. The van der Waals surface area contributed by atoms with Crippen LogP contribution in [0.3, 0.4) is 0 Å². The highest BCUT2D eigenvalue weighted by Crippen LogP contribution is 2.37. The molecule has 71 heavy (non-hydrogen) atoms. The molecular weight excluding hydrogens is 863 g/mol. The first-order valence-corrected chi connectivity index (χ1v) is 24.3. The quantitative estimate of drug-likeness (QED) is 0.100. The molecule has 1 aliphatic rings. The summed E-state index contributed by atoms with van der Waals surface area (Å²) in [4.78, 5) is 15.1. The first-order valence-electron chi connectivity index (χ1n) is 24.3. The van der Waals surface area contributed by atoms with E-state index < -0.39 is 0 Å². The summed E-state index contributed by atoms with van der Waals surface area (Å²) in [5, 5.41) is 14.6. The monoisotopic (exact) mass is 911 g/mol. The van der Waals surface area contributed by atoms with Gasteiger partial charge in [-0.15, -0.1) is 0 Å². The number of nitrogens with zero attached hydrogens (tertiary/aromatic N) is 3. The lowest BCUT2D eigenvalue weighted by Crippen LogP contribution is -2.33. The van der Waals surface area contributed by atoms with Gasteiger partial charge in [-0.3, -0.25) is 4.99 Å². The Balaban J connectivity index is 0.758. The molecule has 5 nitrogen and oxygen atoms in total. The highest BCUT2D eigenvalue weighted by molar-refractivity contribution is 6.13. The molecule has 11 aromatic carbocycles. The second-order valence-corrected chi connectivity index (χ2v) is 18.1. The molecule has 0 radical (unpaired) electrons. The molecule has 1 atom stereocenters. The smallest absolute Gasteiger partial charge is 0.159 e. The largest absolute Gasteiger partial charge is 0.366 e. The normalized spacial score (nSPS) is 13.7. The second-order valence-electron chi connectivity index (χ2n) is 18.1. The van der Waals surface area contributed by atoms with Gasteiger partial charge >= 0.3 is 0 Å². The van der Waals surface area contributed by atoms with Crippen LogP contribution in [0.2, 0.25) is 0 Å². The molecule has 0 bridgehead atoms. The minimum Gasteiger partial charge on any atom is -0.366 e. The molecule has 5 heteroatoms. The van der Waals surface area contributed by atoms with Crippen LogP contribution in [0.5, 0.6) is 0 Å². The van der Waals surface area contributed by atoms with Crippen molar-refractivity contribution in [2.45, 2.75) is 19.3 Å². The Bertz CT molecular complexity index is 3790. The third-order valence-corrected chi connectivity index (χ3v) is 13.5. The van der Waals surface area contributed by atoms with E-state index in [0.29, 0.717) is 13.1 Å². The van der Waals surface area contributed by atoms with E-state index in [2.05, 4.69) is 223 Å². The average molecular weight is 912 g/mol. The van der Waals surface area contributed by atoms with Crippen molar-refractivity contribution < 1.29 is 0 Å². The van der Waals surface area contributed by atoms with Gasteiger partial charge < -0.3 is 10.6 Å². The minimum absolute atomic E-state index is 0.274. The Morgan fingerprint density at radius 1 is 0.423 bits per heavy atom. The van der Waals surface area contributed by atoms with Crippen molar-refractivity contribution in [1.82, 2.24) is 10.6 Å². The van der Waals surface area contributed by atoms with Crippen LogP contribution in [-0.4, -0.2) is 17.5 Å². The summed E-state index contributed by atoms with van der Waals surface area (Å²) >= 11 is 0. The van der Waals surface area contributed by atoms with E-state index in [1.54, 1.807) is 0 Å². The zero-order chi connectivity index (χ0) is 47.3. The maximum absolute atomic E-state index is 5.07. The van der Waals surface area contributed by atoms with Crippen molar-refractivity contribution >= 4 is 49.8 Å². The lowest BCUT2D eigenvalue weighted by molar-refractivity contribution is 0.674. The van der Waals surface area contributed by atoms with Crippen LogP contribution in [0, 0.1) is 0 Å². The van der Waals surface area contributed by atoms with Gasteiger partial charge in [0.1, 0.15) is 17.8 Å². The molecule has 0 aromatic heterocycles. The van der Waals surface area contributed by atoms with Crippen LogP contribution < -0.4 is 10.6 Å². The molecule has 1 unspecified atom stereocenters. The summed E-state index contributed by atoms with van der Waals surface area (Å²) in [5.41, 5.74) is 13.7. The number of benzene rings is 11. The molecule has 0 spiro atoms. The Morgan fingerprint density at radius 2 is 0.958 bits per heavy atom. The maximum Gasteiger partial charge on any atom is 0.159 e. The number of hydrogen-bond donors (Lipinski definition) is 2. The summed E-state index contributed by atoms with van der Waals surface area (Å²) in [6, 6.07) is 90.5. The summed E-state index contributed by atoms with van der Waals surface area (Å²) < 4.78 is 0. The van der Waals surface area contributed by atoms with E-state index in [0.717, 1.165) is 45.3 Å². The van der Waals surface area contributed by atoms with Gasteiger partial charge in [-0.2, -0.15) is 0 Å². The van der Waals surface area contributed by atoms with Crippen LogP contribution in [-0.2, 0) is 13.1 Å². The highest BCUT2D eigenvalue weighted by Gasteiger charge is 2.21. The van der Waals surface area contributed by atoms with E-state index in [1.807, 2.05) is 42.5 Å². The fourth-order valence-corrected chi connectivity index (χ4v) is 9.69. The molecule has 12 rings (SSSR count). The minimum atomic E-state index is -0.274. The first kappa shape index (κ1) is 43.1. The van der Waals surface area contributed by atoms with Crippen LogP contribution in [0.1, 0.15) is 39.5 Å². The average Bonchev–Trinajstić information content (AvgIpc) is 3.45. The van der Waals surface area contributed by atoms with Crippen LogP contribution in [0.25, 0.3) is 65.7 Å².